The number of benzene rings is 1. The maximum Gasteiger partial charge on any atom is 0.224 e. The highest BCUT2D eigenvalue weighted by atomic mass is 19.1. The minimum Gasteiger partial charge on any atom is -0.388 e. The molecule has 0 atom stereocenters. The summed E-state index contributed by atoms with van der Waals surface area (Å²) >= 11 is 0. The van der Waals surface area contributed by atoms with Crippen LogP contribution in [-0.4, -0.2) is 22.2 Å². The molecule has 0 radical (unpaired) electrons. The van der Waals surface area contributed by atoms with Crippen molar-refractivity contribution < 1.29 is 14.3 Å². The van der Waals surface area contributed by atoms with Gasteiger partial charge < -0.3 is 10.4 Å². The molecule has 100 valence electrons. The molecule has 0 aliphatic carbocycles. The molecule has 0 aromatic heterocycles. The van der Waals surface area contributed by atoms with Gasteiger partial charge >= 0.3 is 0 Å². The van der Waals surface area contributed by atoms with E-state index in [1.807, 2.05) is 0 Å². The zero-order valence-corrected chi connectivity index (χ0v) is 11.2. The molecule has 0 heterocycles. The first-order valence-corrected chi connectivity index (χ1v) is 5.90. The average Bonchev–Trinajstić information content (AvgIpc) is 2.14. The molecule has 1 rings (SSSR count). The van der Waals surface area contributed by atoms with Gasteiger partial charge in [-0.2, -0.15) is 0 Å². The molecule has 0 spiro atoms. The summed E-state index contributed by atoms with van der Waals surface area (Å²) in [5.74, 6) is -0.602. The van der Waals surface area contributed by atoms with E-state index in [0.29, 0.717) is 5.56 Å². The van der Waals surface area contributed by atoms with Crippen LogP contribution in [0.1, 0.15) is 33.3 Å². The highest BCUT2D eigenvalue weighted by Crippen LogP contribution is 2.20. The Morgan fingerprint density at radius 2 is 1.94 bits per heavy atom. The fourth-order valence-corrected chi connectivity index (χ4v) is 1.38. The molecule has 1 aromatic rings. The van der Waals surface area contributed by atoms with Crippen LogP contribution in [0.25, 0.3) is 0 Å². The molecule has 0 bridgehead atoms. The smallest absolute Gasteiger partial charge is 0.224 e. The van der Waals surface area contributed by atoms with E-state index in [0.717, 1.165) is 0 Å². The third-order valence-electron chi connectivity index (χ3n) is 3.24. The van der Waals surface area contributed by atoms with Gasteiger partial charge in [0.25, 0.3) is 0 Å². The Morgan fingerprint density at radius 3 is 2.44 bits per heavy atom. The zero-order valence-electron chi connectivity index (χ0n) is 11.2. The number of carbonyl (C=O) groups excluding carboxylic acids is 1. The van der Waals surface area contributed by atoms with E-state index in [1.165, 1.54) is 12.1 Å². The lowest BCUT2D eigenvalue weighted by molar-refractivity contribution is -0.125. The number of hydrogen-bond acceptors (Lipinski definition) is 2. The van der Waals surface area contributed by atoms with Crippen molar-refractivity contribution in [2.45, 2.75) is 45.3 Å². The van der Waals surface area contributed by atoms with Crippen molar-refractivity contribution >= 4 is 5.91 Å². The predicted octanol–water partition coefficient (Wildman–Crippen LogP) is 2.03. The lowest BCUT2D eigenvalue weighted by atomic mass is 9.86. The van der Waals surface area contributed by atoms with Crippen LogP contribution in [0.3, 0.4) is 0 Å². The Morgan fingerprint density at radius 1 is 1.33 bits per heavy atom. The van der Waals surface area contributed by atoms with Gasteiger partial charge in [-0.25, -0.2) is 4.39 Å². The second-order valence-corrected chi connectivity index (χ2v) is 5.54. The van der Waals surface area contributed by atoms with Gasteiger partial charge in [-0.1, -0.05) is 12.1 Å². The predicted molar refractivity (Wildman–Crippen MR) is 68.6 cm³/mol. The number of hydrogen-bond donors (Lipinski definition) is 2. The topological polar surface area (TPSA) is 49.3 Å². The number of nitrogens with one attached hydrogen (secondary N) is 1. The minimum atomic E-state index is -1.04. The van der Waals surface area contributed by atoms with Gasteiger partial charge in [0, 0.05) is 0 Å². The van der Waals surface area contributed by atoms with E-state index in [4.69, 9.17) is 0 Å². The molecule has 1 amide bonds. The van der Waals surface area contributed by atoms with E-state index in [2.05, 4.69) is 5.32 Å². The number of halogens is 1. The first-order chi connectivity index (χ1) is 8.12. The third kappa shape index (κ3) is 3.81. The number of carbonyl (C=O) groups is 1. The number of rotatable bonds is 4. The summed E-state index contributed by atoms with van der Waals surface area (Å²) in [5, 5.41) is 12.7. The Balaban J connectivity index is 2.68. The number of amides is 1. The molecule has 0 aliphatic heterocycles. The normalized spacial score (nSPS) is 12.3. The SMILES string of the molecule is CC(C)(O)C(C)(C)NC(=O)Cc1cccc(F)c1. The van der Waals surface area contributed by atoms with Crippen LogP contribution in [0.4, 0.5) is 4.39 Å². The first kappa shape index (κ1) is 14.6. The van der Waals surface area contributed by atoms with Gasteiger partial charge in [0.2, 0.25) is 5.91 Å². The molecule has 3 nitrogen and oxygen atoms in total. The van der Waals surface area contributed by atoms with E-state index in [9.17, 15) is 14.3 Å². The summed E-state index contributed by atoms with van der Waals surface area (Å²) in [6, 6.07) is 5.93. The van der Waals surface area contributed by atoms with Gasteiger partial charge in [-0.05, 0) is 45.4 Å². The molecule has 4 heteroatoms. The van der Waals surface area contributed by atoms with Gasteiger partial charge in [-0.15, -0.1) is 0 Å². The molecule has 18 heavy (non-hydrogen) atoms. The van der Waals surface area contributed by atoms with E-state index >= 15 is 0 Å². The van der Waals surface area contributed by atoms with Crippen LogP contribution in [0, 0.1) is 5.82 Å². The summed E-state index contributed by atoms with van der Waals surface area (Å²) in [4.78, 5) is 11.8. The zero-order chi connectivity index (χ0) is 14.0. The fraction of sp³-hybridized carbons (Fsp3) is 0.500. The monoisotopic (exact) mass is 253 g/mol. The quantitative estimate of drug-likeness (QED) is 0.862. The summed E-state index contributed by atoms with van der Waals surface area (Å²) < 4.78 is 13.0. The van der Waals surface area contributed by atoms with Crippen LogP contribution < -0.4 is 5.32 Å². The van der Waals surface area contributed by atoms with Crippen molar-refractivity contribution in [2.75, 3.05) is 0 Å². The van der Waals surface area contributed by atoms with Crippen LogP contribution in [0.5, 0.6) is 0 Å². The van der Waals surface area contributed by atoms with Gasteiger partial charge in [0.1, 0.15) is 5.82 Å². The molecule has 0 saturated heterocycles. The minimum absolute atomic E-state index is 0.0945. The lowest BCUT2D eigenvalue weighted by Crippen LogP contribution is -2.58. The van der Waals surface area contributed by atoms with Crippen LogP contribution >= 0.6 is 0 Å². The highest BCUT2D eigenvalue weighted by molar-refractivity contribution is 5.79. The average molecular weight is 253 g/mol. The first-order valence-electron chi connectivity index (χ1n) is 5.90. The van der Waals surface area contributed by atoms with Crippen LogP contribution in [-0.2, 0) is 11.2 Å². The van der Waals surface area contributed by atoms with E-state index in [-0.39, 0.29) is 18.1 Å². The number of aliphatic hydroxyl groups is 1. The summed E-state index contributed by atoms with van der Waals surface area (Å²) in [6.07, 6.45) is 0.0945. The van der Waals surface area contributed by atoms with Crippen LogP contribution in [0.2, 0.25) is 0 Å². The summed E-state index contributed by atoms with van der Waals surface area (Å²) in [5.41, 5.74) is -1.18. The van der Waals surface area contributed by atoms with Crippen molar-refractivity contribution in [1.82, 2.24) is 5.32 Å². The molecule has 0 fully saturated rings. The lowest BCUT2D eigenvalue weighted by Gasteiger charge is -2.38. The van der Waals surface area contributed by atoms with Gasteiger partial charge in [0.15, 0.2) is 0 Å². The maximum absolute atomic E-state index is 13.0. The Hall–Kier alpha value is -1.42. The molecular weight excluding hydrogens is 233 g/mol. The van der Waals surface area contributed by atoms with Crippen molar-refractivity contribution in [2.24, 2.45) is 0 Å². The van der Waals surface area contributed by atoms with Crippen molar-refractivity contribution in [3.63, 3.8) is 0 Å². The molecular formula is C14H20FNO2. The molecule has 0 saturated carbocycles. The van der Waals surface area contributed by atoms with E-state index < -0.39 is 11.1 Å². The van der Waals surface area contributed by atoms with Crippen LogP contribution in [0.15, 0.2) is 24.3 Å². The van der Waals surface area contributed by atoms with E-state index in [1.54, 1.807) is 39.8 Å². The molecule has 0 unspecified atom stereocenters. The second kappa shape index (κ2) is 5.06. The Labute approximate surface area is 107 Å². The van der Waals surface area contributed by atoms with Gasteiger partial charge in [0.05, 0.1) is 17.6 Å². The second-order valence-electron chi connectivity index (χ2n) is 5.54. The van der Waals surface area contributed by atoms with Crippen molar-refractivity contribution in [3.05, 3.63) is 35.6 Å². The largest absolute Gasteiger partial charge is 0.388 e. The molecule has 0 aliphatic rings. The highest BCUT2D eigenvalue weighted by Gasteiger charge is 2.36. The maximum atomic E-state index is 13.0. The van der Waals surface area contributed by atoms with Gasteiger partial charge in [-0.3, -0.25) is 4.79 Å². The fourth-order valence-electron chi connectivity index (χ4n) is 1.38. The molecule has 1 aromatic carbocycles. The third-order valence-corrected chi connectivity index (χ3v) is 3.24. The van der Waals surface area contributed by atoms with Crippen molar-refractivity contribution in [1.29, 1.82) is 0 Å². The standard InChI is InChI=1S/C14H20FNO2/c1-13(2,14(3,4)18)16-12(17)9-10-6-5-7-11(15)8-10/h5-8,18H,9H2,1-4H3,(H,16,17). The summed E-state index contributed by atoms with van der Waals surface area (Å²) in [7, 11) is 0. The van der Waals surface area contributed by atoms with Crippen molar-refractivity contribution in [3.8, 4) is 0 Å². The Bertz CT molecular complexity index is 436. The summed E-state index contributed by atoms with van der Waals surface area (Å²) in [6.45, 7) is 6.76. The molecule has 2 N–H and O–H groups in total. The Kier molecular flexibility index (Phi) is 4.12.